The van der Waals surface area contributed by atoms with Gasteiger partial charge >= 0.3 is 0 Å². The molecule has 0 aliphatic heterocycles. The summed E-state index contributed by atoms with van der Waals surface area (Å²) < 4.78 is 6.55. The van der Waals surface area contributed by atoms with Crippen molar-refractivity contribution in [3.63, 3.8) is 0 Å². The predicted molar refractivity (Wildman–Crippen MR) is 207 cm³/mol. The Bertz CT molecular complexity index is 2580. The fourth-order valence-electron chi connectivity index (χ4n) is 7.16. The lowest BCUT2D eigenvalue weighted by molar-refractivity contribution is 0.672. The first-order valence-electron chi connectivity index (χ1n) is 16.8. The molecule has 49 heavy (non-hydrogen) atoms. The zero-order valence-corrected chi connectivity index (χ0v) is 27.2. The van der Waals surface area contributed by atoms with E-state index >= 15 is 0 Å². The number of fused-ring (bicyclic) bond motifs is 5. The monoisotopic (exact) mass is 627 g/mol. The van der Waals surface area contributed by atoms with E-state index in [-0.39, 0.29) is 0 Å². The molecule has 1 aromatic heterocycles. The summed E-state index contributed by atoms with van der Waals surface area (Å²) in [5.41, 5.74) is 13.5. The fourth-order valence-corrected chi connectivity index (χ4v) is 7.16. The van der Waals surface area contributed by atoms with Crippen LogP contribution in [0.1, 0.15) is 5.56 Å². The van der Waals surface area contributed by atoms with Crippen LogP contribution in [-0.4, -0.2) is 0 Å². The zero-order valence-electron chi connectivity index (χ0n) is 27.2. The van der Waals surface area contributed by atoms with Gasteiger partial charge in [-0.1, -0.05) is 146 Å². The largest absolute Gasteiger partial charge is 0.455 e. The standard InChI is InChI=1S/C47H33NO/c1-32-12-10-21-45-46(32)43-31-44(41-19-8-9-20-42(41)47(43)49-45)48(40-18-11-17-38(30-40)34-15-6-3-7-16-34)39-28-26-37(27-29-39)36-24-22-35(23-25-36)33-13-4-2-5-14-33/h2-31H,1H3. The Labute approximate surface area is 286 Å². The van der Waals surface area contributed by atoms with E-state index < -0.39 is 0 Å². The van der Waals surface area contributed by atoms with Crippen molar-refractivity contribution in [2.75, 3.05) is 4.90 Å². The maximum absolute atomic E-state index is 6.55. The summed E-state index contributed by atoms with van der Waals surface area (Å²) in [5.74, 6) is 0. The molecule has 2 heteroatoms. The molecule has 0 aliphatic carbocycles. The molecule has 0 radical (unpaired) electrons. The van der Waals surface area contributed by atoms with Crippen molar-refractivity contribution in [2.24, 2.45) is 0 Å². The van der Waals surface area contributed by atoms with Gasteiger partial charge in [-0.3, -0.25) is 0 Å². The van der Waals surface area contributed by atoms with Crippen LogP contribution in [0.25, 0.3) is 66.1 Å². The molecule has 2 nitrogen and oxygen atoms in total. The molecule has 0 atom stereocenters. The van der Waals surface area contributed by atoms with Crippen LogP contribution in [-0.2, 0) is 0 Å². The van der Waals surface area contributed by atoms with Crippen molar-refractivity contribution < 1.29 is 4.42 Å². The summed E-state index contributed by atoms with van der Waals surface area (Å²) in [5, 5.41) is 4.53. The van der Waals surface area contributed by atoms with Crippen LogP contribution in [0.15, 0.2) is 186 Å². The molecule has 232 valence electrons. The van der Waals surface area contributed by atoms with Crippen molar-refractivity contribution in [3.05, 3.63) is 188 Å². The lowest BCUT2D eigenvalue weighted by Gasteiger charge is -2.28. The highest BCUT2D eigenvalue weighted by atomic mass is 16.3. The number of hydrogen-bond donors (Lipinski definition) is 0. The lowest BCUT2D eigenvalue weighted by atomic mass is 9.98. The molecule has 9 rings (SSSR count). The number of anilines is 3. The van der Waals surface area contributed by atoms with Crippen molar-refractivity contribution >= 4 is 49.8 Å². The average Bonchev–Trinajstić information content (AvgIpc) is 3.56. The summed E-state index contributed by atoms with van der Waals surface area (Å²) in [4.78, 5) is 2.40. The molecule has 1 heterocycles. The number of benzene rings is 8. The first-order valence-corrected chi connectivity index (χ1v) is 16.8. The average molecular weight is 628 g/mol. The minimum atomic E-state index is 0.914. The highest BCUT2D eigenvalue weighted by Gasteiger charge is 2.21. The third-order valence-corrected chi connectivity index (χ3v) is 9.59. The van der Waals surface area contributed by atoms with Crippen LogP contribution in [0, 0.1) is 6.92 Å². The second-order valence-corrected chi connectivity index (χ2v) is 12.6. The maximum atomic E-state index is 6.55. The Morgan fingerprint density at radius 2 is 0.918 bits per heavy atom. The molecule has 0 fully saturated rings. The smallest absolute Gasteiger partial charge is 0.143 e. The molecule has 9 aromatic rings. The van der Waals surface area contributed by atoms with Crippen LogP contribution in [0.2, 0.25) is 0 Å². The normalized spacial score (nSPS) is 11.4. The number of hydrogen-bond acceptors (Lipinski definition) is 2. The first-order chi connectivity index (χ1) is 24.2. The van der Waals surface area contributed by atoms with Gasteiger partial charge in [-0.05, 0) is 82.3 Å². The third-order valence-electron chi connectivity index (χ3n) is 9.59. The maximum Gasteiger partial charge on any atom is 0.143 e. The Morgan fingerprint density at radius 3 is 1.59 bits per heavy atom. The minimum Gasteiger partial charge on any atom is -0.455 e. The highest BCUT2D eigenvalue weighted by molar-refractivity contribution is 6.20. The molecule has 0 saturated heterocycles. The molecular weight excluding hydrogens is 595 g/mol. The minimum absolute atomic E-state index is 0.914. The van der Waals surface area contributed by atoms with Crippen LogP contribution < -0.4 is 4.90 Å². The van der Waals surface area contributed by atoms with E-state index in [0.29, 0.717) is 0 Å². The summed E-state index contributed by atoms with van der Waals surface area (Å²) in [6.07, 6.45) is 0. The SMILES string of the molecule is Cc1cccc2oc3c4ccccc4c(N(c4ccc(-c5ccc(-c6ccccc6)cc5)cc4)c4cccc(-c5ccccc5)c4)cc3c12. The van der Waals surface area contributed by atoms with Gasteiger partial charge in [-0.15, -0.1) is 0 Å². The molecule has 0 unspecified atom stereocenters. The molecule has 0 spiro atoms. The summed E-state index contributed by atoms with van der Waals surface area (Å²) in [6.45, 7) is 2.17. The zero-order chi connectivity index (χ0) is 32.7. The second kappa shape index (κ2) is 12.0. The van der Waals surface area contributed by atoms with Crippen molar-refractivity contribution in [2.45, 2.75) is 6.92 Å². The second-order valence-electron chi connectivity index (χ2n) is 12.6. The first kappa shape index (κ1) is 28.8. The molecule has 0 bridgehead atoms. The van der Waals surface area contributed by atoms with Crippen molar-refractivity contribution in [1.82, 2.24) is 0 Å². The van der Waals surface area contributed by atoms with Crippen molar-refractivity contribution in [3.8, 4) is 33.4 Å². The highest BCUT2D eigenvalue weighted by Crippen LogP contribution is 2.45. The summed E-state index contributed by atoms with van der Waals surface area (Å²) in [6, 6.07) is 65.0. The summed E-state index contributed by atoms with van der Waals surface area (Å²) in [7, 11) is 0. The topological polar surface area (TPSA) is 16.4 Å². The van der Waals surface area contributed by atoms with E-state index in [4.69, 9.17) is 4.42 Å². The van der Waals surface area contributed by atoms with Gasteiger partial charge in [0.1, 0.15) is 11.2 Å². The fraction of sp³-hybridized carbons (Fsp3) is 0.0213. The third kappa shape index (κ3) is 5.15. The Balaban J connectivity index is 1.22. The summed E-state index contributed by atoms with van der Waals surface area (Å²) >= 11 is 0. The van der Waals surface area contributed by atoms with Gasteiger partial charge in [-0.25, -0.2) is 0 Å². The van der Waals surface area contributed by atoms with E-state index in [1.807, 2.05) is 0 Å². The van der Waals surface area contributed by atoms with E-state index in [0.717, 1.165) is 49.8 Å². The van der Waals surface area contributed by atoms with Crippen LogP contribution in [0.4, 0.5) is 17.1 Å². The van der Waals surface area contributed by atoms with E-state index in [9.17, 15) is 0 Å². The number of aryl methyl sites for hydroxylation is 1. The molecule has 0 amide bonds. The van der Waals surface area contributed by atoms with Gasteiger partial charge in [-0.2, -0.15) is 0 Å². The van der Waals surface area contributed by atoms with Gasteiger partial charge in [0.2, 0.25) is 0 Å². The lowest BCUT2D eigenvalue weighted by Crippen LogP contribution is -2.10. The molecule has 8 aromatic carbocycles. The number of rotatable bonds is 6. The molecule has 0 N–H and O–H groups in total. The van der Waals surface area contributed by atoms with Gasteiger partial charge in [0.25, 0.3) is 0 Å². The van der Waals surface area contributed by atoms with Crippen LogP contribution >= 0.6 is 0 Å². The van der Waals surface area contributed by atoms with E-state index in [1.54, 1.807) is 0 Å². The molecule has 0 aliphatic rings. The molecular formula is C47H33NO. The van der Waals surface area contributed by atoms with Gasteiger partial charge in [0.05, 0.1) is 5.69 Å². The predicted octanol–water partition coefficient (Wildman–Crippen LogP) is 13.5. The van der Waals surface area contributed by atoms with Gasteiger partial charge in [0.15, 0.2) is 0 Å². The Morgan fingerprint density at radius 1 is 0.388 bits per heavy atom. The van der Waals surface area contributed by atoms with Crippen LogP contribution in [0.3, 0.4) is 0 Å². The van der Waals surface area contributed by atoms with Crippen molar-refractivity contribution in [1.29, 1.82) is 0 Å². The Kier molecular flexibility index (Phi) is 7.06. The molecule has 0 saturated carbocycles. The van der Waals surface area contributed by atoms with Gasteiger partial charge in [0, 0.05) is 32.9 Å². The van der Waals surface area contributed by atoms with E-state index in [1.165, 1.54) is 38.9 Å². The Hall–Kier alpha value is -6.38. The van der Waals surface area contributed by atoms with Crippen LogP contribution in [0.5, 0.6) is 0 Å². The number of furan rings is 1. The van der Waals surface area contributed by atoms with Gasteiger partial charge < -0.3 is 9.32 Å². The number of nitrogens with zero attached hydrogens (tertiary/aromatic N) is 1. The quantitative estimate of drug-likeness (QED) is 0.182. The van der Waals surface area contributed by atoms with E-state index in [2.05, 4.69) is 194 Å².